The third kappa shape index (κ3) is 4.69. The van der Waals surface area contributed by atoms with Gasteiger partial charge < -0.3 is 9.47 Å². The van der Waals surface area contributed by atoms with Crippen molar-refractivity contribution in [2.24, 2.45) is 0 Å². The minimum absolute atomic E-state index is 0.0188. The summed E-state index contributed by atoms with van der Waals surface area (Å²) >= 11 is 1.14. The van der Waals surface area contributed by atoms with Crippen LogP contribution >= 0.6 is 11.3 Å². The molecule has 1 aromatic heterocycles. The van der Waals surface area contributed by atoms with Crippen molar-refractivity contribution in [3.05, 3.63) is 63.0 Å². The van der Waals surface area contributed by atoms with Gasteiger partial charge in [0.1, 0.15) is 0 Å². The number of nitro groups is 1. The summed E-state index contributed by atoms with van der Waals surface area (Å²) in [7, 11) is 1.27. The highest BCUT2D eigenvalue weighted by atomic mass is 32.1. The average Bonchev–Trinajstić information content (AvgIpc) is 3.16. The van der Waals surface area contributed by atoms with E-state index in [1.807, 2.05) is 0 Å². The fourth-order valence-electron chi connectivity index (χ4n) is 2.60. The molecule has 0 aliphatic rings. The van der Waals surface area contributed by atoms with Crippen molar-refractivity contribution < 1.29 is 28.0 Å². The van der Waals surface area contributed by atoms with Crippen LogP contribution < -0.4 is 14.8 Å². The van der Waals surface area contributed by atoms with E-state index in [2.05, 4.69) is 15.0 Å². The molecule has 0 saturated carbocycles. The predicted molar refractivity (Wildman–Crippen MR) is 107 cm³/mol. The van der Waals surface area contributed by atoms with E-state index in [-0.39, 0.29) is 27.9 Å². The molecule has 1 heterocycles. The number of nitrogens with one attached hydrogen (secondary N) is 1. The highest BCUT2D eigenvalue weighted by molar-refractivity contribution is 7.14. The van der Waals surface area contributed by atoms with Crippen LogP contribution in [-0.4, -0.2) is 29.5 Å². The van der Waals surface area contributed by atoms with Gasteiger partial charge >= 0.3 is 6.61 Å². The standard InChI is InChI=1S/C19H15F2N3O5S/c1-10-3-4-11(7-14(10)24(26)27)13-9-30-19(22-13)23-17(25)12-5-6-15(29-18(20)21)16(8-12)28-2/h3-9,18H,1-2H3,(H,22,23,25). The van der Waals surface area contributed by atoms with Gasteiger partial charge in [-0.05, 0) is 25.1 Å². The number of alkyl halides is 2. The lowest BCUT2D eigenvalue weighted by Crippen LogP contribution is -2.12. The monoisotopic (exact) mass is 435 g/mol. The molecule has 0 radical (unpaired) electrons. The number of carbonyl (C=O) groups excluding carboxylic acids is 1. The van der Waals surface area contributed by atoms with Crippen molar-refractivity contribution in [3.63, 3.8) is 0 Å². The Morgan fingerprint density at radius 3 is 2.67 bits per heavy atom. The number of carbonyl (C=O) groups is 1. The molecule has 0 saturated heterocycles. The van der Waals surface area contributed by atoms with Crippen LogP contribution in [0.3, 0.4) is 0 Å². The summed E-state index contributed by atoms with van der Waals surface area (Å²) < 4.78 is 34.1. The van der Waals surface area contributed by atoms with E-state index >= 15 is 0 Å². The number of methoxy groups -OCH3 is 1. The maximum absolute atomic E-state index is 12.5. The van der Waals surface area contributed by atoms with E-state index in [0.29, 0.717) is 16.8 Å². The van der Waals surface area contributed by atoms with Crippen molar-refractivity contribution in [2.45, 2.75) is 13.5 Å². The van der Waals surface area contributed by atoms with E-state index < -0.39 is 17.4 Å². The summed E-state index contributed by atoms with van der Waals surface area (Å²) in [5.41, 5.74) is 1.66. The minimum atomic E-state index is -3.02. The molecule has 30 heavy (non-hydrogen) atoms. The van der Waals surface area contributed by atoms with E-state index in [1.54, 1.807) is 24.4 Å². The fourth-order valence-corrected chi connectivity index (χ4v) is 3.32. The molecule has 1 amide bonds. The number of benzene rings is 2. The van der Waals surface area contributed by atoms with E-state index in [9.17, 15) is 23.7 Å². The summed E-state index contributed by atoms with van der Waals surface area (Å²) in [5.74, 6) is -0.746. The number of halogens is 2. The van der Waals surface area contributed by atoms with Crippen molar-refractivity contribution in [1.29, 1.82) is 0 Å². The Kier molecular flexibility index (Phi) is 6.21. The largest absolute Gasteiger partial charge is 0.493 e. The number of hydrogen-bond acceptors (Lipinski definition) is 7. The maximum Gasteiger partial charge on any atom is 0.387 e. The summed E-state index contributed by atoms with van der Waals surface area (Å²) in [6, 6.07) is 8.54. The van der Waals surface area contributed by atoms with Crippen LogP contribution in [0.5, 0.6) is 11.5 Å². The molecule has 0 fully saturated rings. The zero-order valence-electron chi connectivity index (χ0n) is 15.7. The van der Waals surface area contributed by atoms with Gasteiger partial charge in [-0.3, -0.25) is 20.2 Å². The van der Waals surface area contributed by atoms with Gasteiger partial charge in [-0.1, -0.05) is 12.1 Å². The van der Waals surface area contributed by atoms with Gasteiger partial charge in [0.05, 0.1) is 17.7 Å². The number of hydrogen-bond donors (Lipinski definition) is 1. The molecule has 156 valence electrons. The Bertz CT molecular complexity index is 1100. The fraction of sp³-hybridized carbons (Fsp3) is 0.158. The third-order valence-corrected chi connectivity index (χ3v) is 4.83. The lowest BCUT2D eigenvalue weighted by Gasteiger charge is -2.11. The van der Waals surface area contributed by atoms with Crippen LogP contribution in [0.2, 0.25) is 0 Å². The van der Waals surface area contributed by atoms with Crippen molar-refractivity contribution in [1.82, 2.24) is 4.98 Å². The number of nitrogens with zero attached hydrogens (tertiary/aromatic N) is 2. The molecule has 3 aromatic rings. The van der Waals surface area contributed by atoms with Crippen LogP contribution in [-0.2, 0) is 0 Å². The quantitative estimate of drug-likeness (QED) is 0.419. The van der Waals surface area contributed by atoms with Crippen LogP contribution in [0, 0.1) is 17.0 Å². The SMILES string of the molecule is COc1cc(C(=O)Nc2nc(-c3ccc(C)c([N+](=O)[O-])c3)cs2)ccc1OC(F)F. The molecular formula is C19H15F2N3O5S. The lowest BCUT2D eigenvalue weighted by atomic mass is 10.1. The highest BCUT2D eigenvalue weighted by Gasteiger charge is 2.17. The summed E-state index contributed by atoms with van der Waals surface area (Å²) in [4.78, 5) is 27.4. The van der Waals surface area contributed by atoms with Gasteiger partial charge in [-0.25, -0.2) is 4.98 Å². The zero-order chi connectivity index (χ0) is 21.8. The lowest BCUT2D eigenvalue weighted by molar-refractivity contribution is -0.385. The highest BCUT2D eigenvalue weighted by Crippen LogP contribution is 2.31. The second-order valence-electron chi connectivity index (χ2n) is 5.99. The molecule has 8 nitrogen and oxygen atoms in total. The van der Waals surface area contributed by atoms with Crippen molar-refractivity contribution in [2.75, 3.05) is 12.4 Å². The number of anilines is 1. The average molecular weight is 435 g/mol. The van der Waals surface area contributed by atoms with Gasteiger partial charge in [-0.15, -0.1) is 11.3 Å². The van der Waals surface area contributed by atoms with E-state index in [1.165, 1.54) is 31.4 Å². The van der Waals surface area contributed by atoms with Crippen molar-refractivity contribution in [3.8, 4) is 22.8 Å². The number of aryl methyl sites for hydroxylation is 1. The summed E-state index contributed by atoms with van der Waals surface area (Å²) in [6.07, 6.45) is 0. The molecule has 11 heteroatoms. The minimum Gasteiger partial charge on any atom is -0.493 e. The number of thiazole rings is 1. The first-order valence-corrected chi connectivity index (χ1v) is 9.31. The maximum atomic E-state index is 12.5. The summed E-state index contributed by atoms with van der Waals surface area (Å²) in [6.45, 7) is -1.38. The Labute approximate surface area is 173 Å². The molecular weight excluding hydrogens is 420 g/mol. The first-order valence-electron chi connectivity index (χ1n) is 8.43. The molecule has 0 bridgehead atoms. The number of rotatable bonds is 7. The number of ether oxygens (including phenoxy) is 2. The van der Waals surface area contributed by atoms with E-state index in [0.717, 1.165) is 11.3 Å². The molecule has 3 rings (SSSR count). The molecule has 2 aromatic carbocycles. The normalized spacial score (nSPS) is 10.7. The topological polar surface area (TPSA) is 104 Å². The number of aromatic nitrogens is 1. The van der Waals surface area contributed by atoms with Gasteiger partial charge in [-0.2, -0.15) is 8.78 Å². The second kappa shape index (κ2) is 8.82. The predicted octanol–water partition coefficient (Wildman–Crippen LogP) is 4.89. The van der Waals surface area contributed by atoms with Crippen LogP contribution in [0.1, 0.15) is 15.9 Å². The third-order valence-electron chi connectivity index (χ3n) is 4.07. The van der Waals surface area contributed by atoms with Crippen molar-refractivity contribution >= 4 is 28.1 Å². The molecule has 0 atom stereocenters. The Balaban J connectivity index is 1.78. The van der Waals surface area contributed by atoms with Crippen LogP contribution in [0.25, 0.3) is 11.3 Å². The molecule has 0 unspecified atom stereocenters. The van der Waals surface area contributed by atoms with Crippen LogP contribution in [0.4, 0.5) is 19.6 Å². The summed E-state index contributed by atoms with van der Waals surface area (Å²) in [5, 5.41) is 15.6. The van der Waals surface area contributed by atoms with Gasteiger partial charge in [0.2, 0.25) is 0 Å². The Morgan fingerprint density at radius 1 is 1.23 bits per heavy atom. The van der Waals surface area contributed by atoms with Gasteiger partial charge in [0.15, 0.2) is 16.6 Å². The first kappa shape index (κ1) is 21.1. The van der Waals surface area contributed by atoms with E-state index in [4.69, 9.17) is 4.74 Å². The van der Waals surface area contributed by atoms with Gasteiger partial charge in [0.25, 0.3) is 11.6 Å². The number of nitro benzene ring substituents is 1. The molecule has 0 spiro atoms. The van der Waals surface area contributed by atoms with Gasteiger partial charge in [0, 0.05) is 28.1 Å². The Morgan fingerprint density at radius 2 is 2.00 bits per heavy atom. The molecule has 0 aliphatic carbocycles. The second-order valence-corrected chi connectivity index (χ2v) is 6.85. The molecule has 0 aliphatic heterocycles. The zero-order valence-corrected chi connectivity index (χ0v) is 16.5. The Hall–Kier alpha value is -3.60. The number of amides is 1. The molecule has 1 N–H and O–H groups in total. The van der Waals surface area contributed by atoms with Crippen LogP contribution in [0.15, 0.2) is 41.8 Å². The smallest absolute Gasteiger partial charge is 0.387 e. The first-order chi connectivity index (χ1) is 14.3.